The fourth-order valence-electron chi connectivity index (χ4n) is 2.69. The molecule has 2 aliphatic heterocycles. The minimum atomic E-state index is -0.781. The molecule has 0 radical (unpaired) electrons. The van der Waals surface area contributed by atoms with Gasteiger partial charge in [-0.2, -0.15) is 0 Å². The normalized spacial score (nSPS) is 34.5. The summed E-state index contributed by atoms with van der Waals surface area (Å²) < 4.78 is 27.2. The zero-order valence-electron chi connectivity index (χ0n) is 13.7. The molecule has 2 aliphatic rings. The lowest BCUT2D eigenvalue weighted by molar-refractivity contribution is -0.226. The molecule has 6 atom stereocenters. The van der Waals surface area contributed by atoms with E-state index >= 15 is 0 Å². The predicted octanol–water partition coefficient (Wildman–Crippen LogP) is 0.319. The van der Waals surface area contributed by atoms with Crippen LogP contribution in [0.5, 0.6) is 0 Å². The second-order valence-corrected chi connectivity index (χ2v) is 6.91. The predicted molar refractivity (Wildman–Crippen MR) is 81.8 cm³/mol. The van der Waals surface area contributed by atoms with Gasteiger partial charge in [0.1, 0.15) is 29.2 Å². The Labute approximate surface area is 143 Å². The number of carbonyl (C=O) groups is 2. The van der Waals surface area contributed by atoms with Crippen LogP contribution in [0.25, 0.3) is 0 Å². The van der Waals surface area contributed by atoms with Crippen LogP contribution in [0, 0.1) is 0 Å². The van der Waals surface area contributed by atoms with E-state index in [4.69, 9.17) is 18.9 Å². The van der Waals surface area contributed by atoms with Gasteiger partial charge in [0.15, 0.2) is 12.1 Å². The zero-order chi connectivity index (χ0) is 17.4. The molecule has 2 heterocycles. The van der Waals surface area contributed by atoms with Gasteiger partial charge in [0.2, 0.25) is 5.91 Å². The van der Waals surface area contributed by atoms with Crippen LogP contribution in [0.1, 0.15) is 20.8 Å². The number of nitrogens with one attached hydrogen (secondary N) is 1. The third-order valence-corrected chi connectivity index (χ3v) is 4.67. The molecule has 1 N–H and O–H groups in total. The van der Waals surface area contributed by atoms with Crippen LogP contribution in [0.2, 0.25) is 0 Å². The van der Waals surface area contributed by atoms with Crippen molar-refractivity contribution >= 4 is 27.8 Å². The number of halogens is 1. The lowest BCUT2D eigenvalue weighted by atomic mass is 10.1. The minimum absolute atomic E-state index is 0.406. The molecule has 0 aromatic carbocycles. The van der Waals surface area contributed by atoms with Gasteiger partial charge in [-0.25, -0.2) is 4.79 Å². The number of esters is 1. The zero-order valence-corrected chi connectivity index (χ0v) is 15.3. The highest BCUT2D eigenvalue weighted by molar-refractivity contribution is 9.10. The van der Waals surface area contributed by atoms with Crippen molar-refractivity contribution in [2.24, 2.45) is 0 Å². The molecular weight excluding hydrogens is 374 g/mol. The maximum absolute atomic E-state index is 12.3. The van der Waals surface area contributed by atoms with Gasteiger partial charge in [0.05, 0.1) is 7.11 Å². The molecular formula is C14H22BrNO7. The van der Waals surface area contributed by atoms with Gasteiger partial charge in [-0.3, -0.25) is 4.79 Å². The van der Waals surface area contributed by atoms with E-state index in [1.165, 1.54) is 21.1 Å². The Hall–Kier alpha value is -0.740. The summed E-state index contributed by atoms with van der Waals surface area (Å²) in [4.78, 5) is 23.0. The first-order valence-electron chi connectivity index (χ1n) is 7.26. The van der Waals surface area contributed by atoms with Crippen molar-refractivity contribution in [2.75, 3.05) is 14.2 Å². The van der Waals surface area contributed by atoms with E-state index in [2.05, 4.69) is 26.0 Å². The fraction of sp³-hybridized carbons (Fsp3) is 0.857. The molecule has 2 fully saturated rings. The molecule has 8 nitrogen and oxygen atoms in total. The molecule has 132 valence electrons. The molecule has 23 heavy (non-hydrogen) atoms. The van der Waals surface area contributed by atoms with Crippen LogP contribution in [0.15, 0.2) is 0 Å². The molecule has 0 aromatic rings. The van der Waals surface area contributed by atoms with Crippen LogP contribution >= 0.6 is 15.9 Å². The van der Waals surface area contributed by atoms with Crippen molar-refractivity contribution in [1.82, 2.24) is 5.32 Å². The van der Waals surface area contributed by atoms with Gasteiger partial charge in [-0.05, 0) is 20.8 Å². The highest BCUT2D eigenvalue weighted by atomic mass is 79.9. The summed E-state index contributed by atoms with van der Waals surface area (Å²) in [5.41, 5.74) is 0. The molecule has 0 spiro atoms. The average Bonchev–Trinajstić information content (AvgIpc) is 2.98. The highest BCUT2D eigenvalue weighted by Gasteiger charge is 2.58. The van der Waals surface area contributed by atoms with E-state index in [0.717, 1.165) is 0 Å². The SMILES string of the molecule is COC(=O)[C@@H](C)NC(=O)[C@H](Br)[C@H]1O[C@@H](OC)[C@@H]2OC(C)(C)O[C@@H]21. The van der Waals surface area contributed by atoms with Gasteiger partial charge < -0.3 is 29.0 Å². The molecule has 0 bridgehead atoms. The number of ether oxygens (including phenoxy) is 5. The van der Waals surface area contributed by atoms with Crippen LogP contribution in [-0.2, 0) is 33.3 Å². The third kappa shape index (κ3) is 3.85. The second kappa shape index (κ2) is 7.02. The van der Waals surface area contributed by atoms with Crippen LogP contribution in [0.4, 0.5) is 0 Å². The number of methoxy groups -OCH3 is 2. The topological polar surface area (TPSA) is 92.3 Å². The first-order chi connectivity index (χ1) is 10.7. The van der Waals surface area contributed by atoms with Crippen molar-refractivity contribution in [3.63, 3.8) is 0 Å². The summed E-state index contributed by atoms with van der Waals surface area (Å²) in [6, 6.07) is -0.764. The Bertz CT molecular complexity index is 472. The van der Waals surface area contributed by atoms with Gasteiger partial charge in [0.25, 0.3) is 0 Å². The molecule has 9 heteroatoms. The fourth-order valence-corrected chi connectivity index (χ4v) is 3.25. The van der Waals surface area contributed by atoms with Crippen LogP contribution in [0.3, 0.4) is 0 Å². The summed E-state index contributed by atoms with van der Waals surface area (Å²) in [5, 5.41) is 2.56. The number of hydrogen-bond acceptors (Lipinski definition) is 7. The molecule has 2 saturated heterocycles. The number of hydrogen-bond donors (Lipinski definition) is 1. The van der Waals surface area contributed by atoms with Gasteiger partial charge in [0, 0.05) is 7.11 Å². The Morgan fingerprint density at radius 2 is 1.83 bits per heavy atom. The Morgan fingerprint density at radius 3 is 2.39 bits per heavy atom. The number of rotatable bonds is 5. The summed E-state index contributed by atoms with van der Waals surface area (Å²) in [6.45, 7) is 5.12. The van der Waals surface area contributed by atoms with E-state index in [0.29, 0.717) is 0 Å². The average molecular weight is 396 g/mol. The van der Waals surface area contributed by atoms with Gasteiger partial charge in [-0.1, -0.05) is 15.9 Å². The van der Waals surface area contributed by atoms with E-state index in [1.807, 2.05) is 0 Å². The minimum Gasteiger partial charge on any atom is -0.467 e. The van der Waals surface area contributed by atoms with E-state index < -0.39 is 53.1 Å². The molecule has 0 aromatic heterocycles. The third-order valence-electron chi connectivity index (χ3n) is 3.73. The first kappa shape index (κ1) is 18.6. The quantitative estimate of drug-likeness (QED) is 0.529. The molecule has 2 rings (SSSR count). The first-order valence-corrected chi connectivity index (χ1v) is 8.18. The summed E-state index contributed by atoms with van der Waals surface area (Å²) >= 11 is 3.32. The largest absolute Gasteiger partial charge is 0.467 e. The lowest BCUT2D eigenvalue weighted by Crippen LogP contribution is -2.48. The standard InChI is InChI=1S/C14H22BrNO7/c1-6(12(18)19-4)16-11(17)7(15)8-9-10(13(20-5)21-8)23-14(2,3)22-9/h6-10,13H,1-5H3,(H,16,17)/t6-,7-,8-,9-,10-,13-/m1/s1. The van der Waals surface area contributed by atoms with Crippen LogP contribution < -0.4 is 5.32 Å². The maximum Gasteiger partial charge on any atom is 0.328 e. The maximum atomic E-state index is 12.3. The Morgan fingerprint density at radius 1 is 1.22 bits per heavy atom. The van der Waals surface area contributed by atoms with Crippen molar-refractivity contribution in [3.05, 3.63) is 0 Å². The Balaban J connectivity index is 2.05. The molecule has 0 aliphatic carbocycles. The molecule has 1 amide bonds. The smallest absolute Gasteiger partial charge is 0.328 e. The number of alkyl halides is 1. The second-order valence-electron chi connectivity index (χ2n) is 5.92. The lowest BCUT2D eigenvalue weighted by Gasteiger charge is -2.26. The Kier molecular flexibility index (Phi) is 5.68. The van der Waals surface area contributed by atoms with E-state index in [-0.39, 0.29) is 0 Å². The van der Waals surface area contributed by atoms with Crippen molar-refractivity contribution in [2.45, 2.75) is 62.0 Å². The number of carbonyl (C=O) groups excluding carboxylic acids is 2. The summed E-state index contributed by atoms with van der Waals surface area (Å²) in [6.07, 6.45) is -2.13. The molecule has 0 unspecified atom stereocenters. The van der Waals surface area contributed by atoms with Gasteiger partial charge in [-0.15, -0.1) is 0 Å². The van der Waals surface area contributed by atoms with Crippen molar-refractivity contribution < 1.29 is 33.3 Å². The summed E-state index contributed by atoms with van der Waals surface area (Å²) in [5.74, 6) is -1.72. The highest BCUT2D eigenvalue weighted by Crippen LogP contribution is 2.41. The van der Waals surface area contributed by atoms with Crippen molar-refractivity contribution in [1.29, 1.82) is 0 Å². The monoisotopic (exact) mass is 395 g/mol. The van der Waals surface area contributed by atoms with E-state index in [1.54, 1.807) is 13.8 Å². The van der Waals surface area contributed by atoms with Crippen molar-refractivity contribution in [3.8, 4) is 0 Å². The number of fused-ring (bicyclic) bond motifs is 1. The van der Waals surface area contributed by atoms with Crippen LogP contribution in [-0.4, -0.2) is 67.4 Å². The number of amides is 1. The molecule has 0 saturated carbocycles. The van der Waals surface area contributed by atoms with Gasteiger partial charge >= 0.3 is 5.97 Å². The van der Waals surface area contributed by atoms with E-state index in [9.17, 15) is 9.59 Å². The summed E-state index contributed by atoms with van der Waals surface area (Å²) in [7, 11) is 2.76.